The second-order valence-corrected chi connectivity index (χ2v) is 7.69. The number of hydrogen-bond acceptors (Lipinski definition) is 5. The summed E-state index contributed by atoms with van der Waals surface area (Å²) in [6.07, 6.45) is 3.94. The van der Waals surface area contributed by atoms with Crippen molar-refractivity contribution < 1.29 is 19.1 Å². The van der Waals surface area contributed by atoms with E-state index in [0.717, 1.165) is 0 Å². The van der Waals surface area contributed by atoms with E-state index in [2.05, 4.69) is 15.7 Å². The van der Waals surface area contributed by atoms with Crippen LogP contribution in [0.5, 0.6) is 0 Å². The number of aromatic nitrogens is 2. The Labute approximate surface area is 181 Å². The van der Waals surface area contributed by atoms with Gasteiger partial charge in [-0.05, 0) is 18.6 Å². The van der Waals surface area contributed by atoms with Gasteiger partial charge < -0.3 is 25.2 Å². The lowest BCUT2D eigenvalue weighted by Crippen LogP contribution is -2.41. The highest BCUT2D eigenvalue weighted by atomic mass is 16.5. The average molecular weight is 428 g/mol. The zero-order chi connectivity index (χ0) is 22.4. The number of hydrogen-bond donors (Lipinski definition) is 2. The predicted molar refractivity (Wildman–Crippen MR) is 116 cm³/mol. The number of amides is 4. The normalized spacial score (nSPS) is 18.0. The number of benzene rings is 1. The van der Waals surface area contributed by atoms with Crippen LogP contribution in [0.2, 0.25) is 0 Å². The minimum atomic E-state index is -0.240. The van der Waals surface area contributed by atoms with Crippen LogP contribution in [-0.4, -0.2) is 77.3 Å². The standard InChI is InChI=1S/C21H28N6O4/c1-15(28)23-17-10-22-27(11-17)18-9-19(13-31-14-20(29)25(2)3)26(12-18)21(30)24-16-7-5-4-6-8-16/h4-8,10-11,18-19H,9,12-14H2,1-3H3,(H,23,28)(H,24,30)/t18-,19-/m0/s1. The van der Waals surface area contributed by atoms with Crippen LogP contribution in [0.3, 0.4) is 0 Å². The van der Waals surface area contributed by atoms with Gasteiger partial charge in [0.15, 0.2) is 0 Å². The fraction of sp³-hybridized carbons (Fsp3) is 0.429. The third-order valence-electron chi connectivity index (χ3n) is 5.01. The van der Waals surface area contributed by atoms with Gasteiger partial charge in [-0.15, -0.1) is 0 Å². The van der Waals surface area contributed by atoms with Crippen LogP contribution in [0.4, 0.5) is 16.2 Å². The highest BCUT2D eigenvalue weighted by Crippen LogP contribution is 2.29. The number of nitrogens with one attached hydrogen (secondary N) is 2. The maximum Gasteiger partial charge on any atom is 0.322 e. The molecule has 1 aliphatic heterocycles. The Kier molecular flexibility index (Phi) is 7.24. The average Bonchev–Trinajstić information content (AvgIpc) is 3.35. The molecule has 0 aliphatic carbocycles. The summed E-state index contributed by atoms with van der Waals surface area (Å²) in [5, 5.41) is 9.94. The van der Waals surface area contributed by atoms with Gasteiger partial charge in [0.1, 0.15) is 6.61 Å². The van der Waals surface area contributed by atoms with E-state index in [4.69, 9.17) is 4.74 Å². The summed E-state index contributed by atoms with van der Waals surface area (Å²) in [6, 6.07) is 8.67. The molecule has 1 aromatic carbocycles. The number of likely N-dealkylation sites (tertiary alicyclic amines) is 1. The molecule has 4 amide bonds. The van der Waals surface area contributed by atoms with E-state index in [0.29, 0.717) is 24.3 Å². The molecule has 2 atom stereocenters. The third-order valence-corrected chi connectivity index (χ3v) is 5.01. The lowest BCUT2D eigenvalue weighted by molar-refractivity contribution is -0.133. The number of carbonyl (C=O) groups excluding carboxylic acids is 3. The van der Waals surface area contributed by atoms with Crippen LogP contribution >= 0.6 is 0 Å². The largest absolute Gasteiger partial charge is 0.369 e. The molecule has 31 heavy (non-hydrogen) atoms. The maximum atomic E-state index is 13.0. The summed E-state index contributed by atoms with van der Waals surface area (Å²) in [5.41, 5.74) is 1.30. The number of para-hydroxylation sites is 1. The summed E-state index contributed by atoms with van der Waals surface area (Å²) < 4.78 is 7.36. The van der Waals surface area contributed by atoms with Crippen molar-refractivity contribution in [2.24, 2.45) is 0 Å². The van der Waals surface area contributed by atoms with E-state index < -0.39 is 0 Å². The van der Waals surface area contributed by atoms with E-state index in [1.54, 1.807) is 36.1 Å². The van der Waals surface area contributed by atoms with Crippen molar-refractivity contribution in [3.05, 3.63) is 42.7 Å². The zero-order valence-corrected chi connectivity index (χ0v) is 17.9. The summed E-state index contributed by atoms with van der Waals surface area (Å²) in [6.45, 7) is 2.05. The van der Waals surface area contributed by atoms with E-state index in [1.807, 2.05) is 30.3 Å². The Hall–Kier alpha value is -3.40. The van der Waals surface area contributed by atoms with Crippen molar-refractivity contribution in [1.82, 2.24) is 19.6 Å². The molecular formula is C21H28N6O4. The summed E-state index contributed by atoms with van der Waals surface area (Å²) in [7, 11) is 3.34. The number of carbonyl (C=O) groups is 3. The molecule has 0 radical (unpaired) electrons. The SMILES string of the molecule is CC(=O)Nc1cnn([C@H]2C[C@@H](COCC(=O)N(C)C)N(C(=O)Nc3ccccc3)C2)c1. The smallest absolute Gasteiger partial charge is 0.322 e. The van der Waals surface area contributed by atoms with Crippen molar-refractivity contribution in [3.8, 4) is 0 Å². The van der Waals surface area contributed by atoms with Crippen LogP contribution < -0.4 is 10.6 Å². The van der Waals surface area contributed by atoms with E-state index >= 15 is 0 Å². The molecule has 2 heterocycles. The molecule has 0 saturated carbocycles. The quantitative estimate of drug-likeness (QED) is 0.699. The molecule has 2 N–H and O–H groups in total. The van der Waals surface area contributed by atoms with Gasteiger partial charge in [-0.1, -0.05) is 18.2 Å². The summed E-state index contributed by atoms with van der Waals surface area (Å²) in [4.78, 5) is 39.2. The number of rotatable bonds is 7. The number of nitrogens with zero attached hydrogens (tertiary/aromatic N) is 4. The molecule has 1 aromatic heterocycles. The van der Waals surface area contributed by atoms with E-state index in [1.165, 1.54) is 11.8 Å². The Morgan fingerprint density at radius 1 is 1.16 bits per heavy atom. The van der Waals surface area contributed by atoms with Gasteiger partial charge in [-0.25, -0.2) is 4.79 Å². The van der Waals surface area contributed by atoms with E-state index in [-0.39, 0.29) is 43.1 Å². The van der Waals surface area contributed by atoms with Crippen molar-refractivity contribution in [3.63, 3.8) is 0 Å². The topological polar surface area (TPSA) is 109 Å². The van der Waals surface area contributed by atoms with Crippen LogP contribution in [0.15, 0.2) is 42.7 Å². The van der Waals surface area contributed by atoms with Gasteiger partial charge in [0, 0.05) is 39.4 Å². The van der Waals surface area contributed by atoms with Gasteiger partial charge in [0.05, 0.1) is 30.6 Å². The first-order valence-electron chi connectivity index (χ1n) is 10.1. The summed E-state index contributed by atoms with van der Waals surface area (Å²) in [5.74, 6) is -0.312. The van der Waals surface area contributed by atoms with Crippen LogP contribution in [0.25, 0.3) is 0 Å². The van der Waals surface area contributed by atoms with Crippen molar-refractivity contribution >= 4 is 29.2 Å². The third kappa shape index (κ3) is 6.05. The number of anilines is 2. The van der Waals surface area contributed by atoms with Crippen LogP contribution in [0.1, 0.15) is 19.4 Å². The molecule has 0 unspecified atom stereocenters. The highest BCUT2D eigenvalue weighted by molar-refractivity contribution is 5.90. The highest BCUT2D eigenvalue weighted by Gasteiger charge is 2.37. The molecule has 10 heteroatoms. The molecule has 1 aliphatic rings. The van der Waals surface area contributed by atoms with Crippen LogP contribution in [-0.2, 0) is 14.3 Å². The molecule has 1 fully saturated rings. The van der Waals surface area contributed by atoms with Gasteiger partial charge in [0.2, 0.25) is 11.8 Å². The maximum absolute atomic E-state index is 13.0. The fourth-order valence-electron chi connectivity index (χ4n) is 3.42. The molecule has 0 spiro atoms. The van der Waals surface area contributed by atoms with Gasteiger partial charge in [-0.3, -0.25) is 14.3 Å². The Morgan fingerprint density at radius 3 is 2.58 bits per heavy atom. The first-order valence-corrected chi connectivity index (χ1v) is 10.1. The second-order valence-electron chi connectivity index (χ2n) is 7.69. The van der Waals surface area contributed by atoms with Gasteiger partial charge in [-0.2, -0.15) is 5.10 Å². The Morgan fingerprint density at radius 2 is 1.90 bits per heavy atom. The molecule has 3 rings (SSSR count). The first-order chi connectivity index (χ1) is 14.8. The second kappa shape index (κ2) is 10.1. The predicted octanol–water partition coefficient (Wildman–Crippen LogP) is 1.79. The lowest BCUT2D eigenvalue weighted by atomic mass is 10.2. The number of ether oxygens (including phenoxy) is 1. The zero-order valence-electron chi connectivity index (χ0n) is 17.9. The molecule has 0 bridgehead atoms. The monoisotopic (exact) mass is 428 g/mol. The molecule has 1 saturated heterocycles. The van der Waals surface area contributed by atoms with Crippen molar-refractivity contribution in [2.75, 3.05) is 44.5 Å². The number of urea groups is 1. The first kappa shape index (κ1) is 22.3. The lowest BCUT2D eigenvalue weighted by Gasteiger charge is -2.24. The molecular weight excluding hydrogens is 400 g/mol. The number of likely N-dealkylation sites (N-methyl/N-ethyl adjacent to an activating group) is 1. The Bertz CT molecular complexity index is 914. The minimum absolute atomic E-state index is 0.0449. The molecule has 166 valence electrons. The van der Waals surface area contributed by atoms with Gasteiger partial charge in [0.25, 0.3) is 0 Å². The van der Waals surface area contributed by atoms with Crippen LogP contribution in [0, 0.1) is 0 Å². The van der Waals surface area contributed by atoms with Crippen molar-refractivity contribution in [2.45, 2.75) is 25.4 Å². The van der Waals surface area contributed by atoms with Gasteiger partial charge >= 0.3 is 6.03 Å². The molecule has 2 aromatic rings. The minimum Gasteiger partial charge on any atom is -0.369 e. The Balaban J connectivity index is 1.69. The van der Waals surface area contributed by atoms with E-state index in [9.17, 15) is 14.4 Å². The molecule has 10 nitrogen and oxygen atoms in total. The van der Waals surface area contributed by atoms with Crippen molar-refractivity contribution in [1.29, 1.82) is 0 Å². The fourth-order valence-corrected chi connectivity index (χ4v) is 3.42. The summed E-state index contributed by atoms with van der Waals surface area (Å²) >= 11 is 0.